The Labute approximate surface area is 177 Å². The summed E-state index contributed by atoms with van der Waals surface area (Å²) in [6, 6.07) is 10.1. The molecule has 2 aromatic carbocycles. The second-order valence-corrected chi connectivity index (χ2v) is 8.15. The van der Waals surface area contributed by atoms with E-state index in [1.165, 1.54) is 44.9 Å². The third kappa shape index (κ3) is 7.91. The minimum atomic E-state index is 0.697. The van der Waals surface area contributed by atoms with Crippen LogP contribution in [-0.2, 0) is 0 Å². The topological polar surface area (TPSA) is 18.5 Å². The fraction of sp³-hybridized carbons (Fsp3) is 0.565. The van der Waals surface area contributed by atoms with Crippen LogP contribution in [0.5, 0.6) is 11.5 Å². The molecule has 0 saturated heterocycles. The first-order valence-electron chi connectivity index (χ1n) is 10.3. The first-order valence-corrected chi connectivity index (χ1v) is 11.8. The highest BCUT2D eigenvalue weighted by Gasteiger charge is 2.08. The zero-order chi connectivity index (χ0) is 19.3. The molecule has 150 valence electrons. The fourth-order valence-electron chi connectivity index (χ4n) is 3.08. The van der Waals surface area contributed by atoms with Crippen LogP contribution < -0.4 is 9.47 Å². The average molecular weight is 456 g/mol. The van der Waals surface area contributed by atoms with Gasteiger partial charge in [-0.1, -0.05) is 79.0 Å². The maximum atomic E-state index is 6.57. The predicted octanol–water partition coefficient (Wildman–Crippen LogP) is 8.18. The number of halogens is 2. The Hall–Kier alpha value is -0.930. The number of unbranched alkanes of at least 4 members (excludes halogenated alkanes) is 7. The van der Waals surface area contributed by atoms with Gasteiger partial charge in [0.1, 0.15) is 11.5 Å². The van der Waals surface area contributed by atoms with E-state index >= 15 is 0 Å². The summed E-state index contributed by atoms with van der Waals surface area (Å²) in [6.45, 7) is 3.69. The molecular formula is C23H32BrClO2. The molecule has 0 aliphatic heterocycles. The summed E-state index contributed by atoms with van der Waals surface area (Å²) in [6.07, 6.45) is 11.0. The summed E-state index contributed by atoms with van der Waals surface area (Å²) >= 11 is 10.0. The van der Waals surface area contributed by atoms with E-state index in [1.807, 2.05) is 18.2 Å². The van der Waals surface area contributed by atoms with Crippen LogP contribution in [0.25, 0.3) is 10.8 Å². The van der Waals surface area contributed by atoms with Gasteiger partial charge in [-0.25, -0.2) is 0 Å². The normalized spacial score (nSPS) is 11.1. The first kappa shape index (κ1) is 22.4. The smallest absolute Gasteiger partial charge is 0.138 e. The molecule has 2 rings (SSSR count). The fourth-order valence-corrected chi connectivity index (χ4v) is 3.77. The molecule has 0 amide bonds. The van der Waals surface area contributed by atoms with E-state index in [-0.39, 0.29) is 0 Å². The molecule has 0 heterocycles. The monoisotopic (exact) mass is 454 g/mol. The number of hydrogen-bond acceptors (Lipinski definition) is 2. The van der Waals surface area contributed by atoms with Crippen molar-refractivity contribution >= 4 is 38.3 Å². The van der Waals surface area contributed by atoms with Gasteiger partial charge in [0, 0.05) is 10.7 Å². The minimum Gasteiger partial charge on any atom is -0.494 e. The summed E-state index contributed by atoms with van der Waals surface area (Å²) in [7, 11) is 0. The van der Waals surface area contributed by atoms with Gasteiger partial charge in [-0.15, -0.1) is 0 Å². The van der Waals surface area contributed by atoms with Crippen molar-refractivity contribution in [3.05, 3.63) is 35.4 Å². The molecule has 27 heavy (non-hydrogen) atoms. The molecule has 4 heteroatoms. The van der Waals surface area contributed by atoms with Crippen LogP contribution in [0.3, 0.4) is 0 Å². The maximum Gasteiger partial charge on any atom is 0.138 e. The van der Waals surface area contributed by atoms with Crippen molar-refractivity contribution in [2.24, 2.45) is 0 Å². The van der Waals surface area contributed by atoms with Gasteiger partial charge in [-0.3, -0.25) is 0 Å². The Bertz CT molecular complexity index is 675. The molecule has 0 saturated carbocycles. The molecule has 0 aliphatic rings. The van der Waals surface area contributed by atoms with Crippen molar-refractivity contribution in [1.82, 2.24) is 0 Å². The van der Waals surface area contributed by atoms with Crippen molar-refractivity contribution in [3.63, 3.8) is 0 Å². The summed E-state index contributed by atoms with van der Waals surface area (Å²) in [5, 5.41) is 3.92. The number of rotatable bonds is 14. The predicted molar refractivity (Wildman–Crippen MR) is 121 cm³/mol. The van der Waals surface area contributed by atoms with Crippen molar-refractivity contribution < 1.29 is 9.47 Å². The zero-order valence-corrected chi connectivity index (χ0v) is 18.8. The zero-order valence-electron chi connectivity index (χ0n) is 16.4. The molecule has 0 bridgehead atoms. The van der Waals surface area contributed by atoms with E-state index in [2.05, 4.69) is 35.0 Å². The second-order valence-electron chi connectivity index (χ2n) is 6.97. The van der Waals surface area contributed by atoms with Gasteiger partial charge in [0.15, 0.2) is 0 Å². The minimum absolute atomic E-state index is 0.697. The number of alkyl halides is 1. The lowest BCUT2D eigenvalue weighted by Crippen LogP contribution is -1.99. The molecule has 2 aromatic rings. The highest BCUT2D eigenvalue weighted by Crippen LogP contribution is 2.34. The summed E-state index contributed by atoms with van der Waals surface area (Å²) in [4.78, 5) is 0. The van der Waals surface area contributed by atoms with Crippen LogP contribution in [0.2, 0.25) is 5.02 Å². The van der Waals surface area contributed by atoms with Gasteiger partial charge < -0.3 is 9.47 Å². The third-order valence-electron chi connectivity index (χ3n) is 4.69. The lowest BCUT2D eigenvalue weighted by molar-refractivity contribution is 0.304. The SMILES string of the molecule is CCCCCOc1ccc2c(Cl)c(OCCCCCCCCBr)ccc2c1. The second kappa shape index (κ2) is 13.3. The molecular weight excluding hydrogens is 424 g/mol. The van der Waals surface area contributed by atoms with Crippen LogP contribution in [0.1, 0.15) is 64.7 Å². The maximum absolute atomic E-state index is 6.57. The number of fused-ring (bicyclic) bond motifs is 1. The van der Waals surface area contributed by atoms with Crippen LogP contribution >= 0.6 is 27.5 Å². The molecule has 2 nitrogen and oxygen atoms in total. The Morgan fingerprint density at radius 1 is 0.815 bits per heavy atom. The Balaban J connectivity index is 1.81. The molecule has 0 spiro atoms. The van der Waals surface area contributed by atoms with Gasteiger partial charge in [0.2, 0.25) is 0 Å². The Kier molecular flexibility index (Phi) is 11.0. The largest absolute Gasteiger partial charge is 0.494 e. The first-order chi connectivity index (χ1) is 13.3. The highest BCUT2D eigenvalue weighted by atomic mass is 79.9. The van der Waals surface area contributed by atoms with E-state index < -0.39 is 0 Å². The van der Waals surface area contributed by atoms with Gasteiger partial charge in [-0.05, 0) is 48.9 Å². The Morgan fingerprint density at radius 2 is 1.52 bits per heavy atom. The summed E-state index contributed by atoms with van der Waals surface area (Å²) in [5.74, 6) is 1.68. The molecule has 0 N–H and O–H groups in total. The molecule has 0 aromatic heterocycles. The van der Waals surface area contributed by atoms with Crippen LogP contribution in [0.15, 0.2) is 30.3 Å². The molecule has 0 fully saturated rings. The van der Waals surface area contributed by atoms with Gasteiger partial charge in [0.25, 0.3) is 0 Å². The average Bonchev–Trinajstić information content (AvgIpc) is 2.69. The quantitative estimate of drug-likeness (QED) is 0.211. The van der Waals surface area contributed by atoms with Crippen molar-refractivity contribution in [1.29, 1.82) is 0 Å². The van der Waals surface area contributed by atoms with E-state index in [1.54, 1.807) is 0 Å². The molecule has 0 atom stereocenters. The standard InChI is InChI=1S/C23H32BrClO2/c1-2-3-9-16-26-20-12-13-21-19(18-20)11-14-22(23(21)25)27-17-10-7-5-4-6-8-15-24/h11-14,18H,2-10,15-17H2,1H3. The summed E-state index contributed by atoms with van der Waals surface area (Å²) < 4.78 is 11.8. The van der Waals surface area contributed by atoms with Crippen molar-refractivity contribution in [2.45, 2.75) is 64.7 Å². The molecule has 0 unspecified atom stereocenters. The lowest BCUT2D eigenvalue weighted by Gasteiger charge is -2.12. The lowest BCUT2D eigenvalue weighted by atomic mass is 10.1. The van der Waals surface area contributed by atoms with Gasteiger partial charge in [0.05, 0.1) is 18.2 Å². The van der Waals surface area contributed by atoms with E-state index in [0.29, 0.717) is 5.02 Å². The third-order valence-corrected chi connectivity index (χ3v) is 5.64. The van der Waals surface area contributed by atoms with E-state index in [9.17, 15) is 0 Å². The van der Waals surface area contributed by atoms with Crippen LogP contribution in [0, 0.1) is 0 Å². The molecule has 0 aliphatic carbocycles. The van der Waals surface area contributed by atoms with Gasteiger partial charge >= 0.3 is 0 Å². The Morgan fingerprint density at radius 3 is 2.30 bits per heavy atom. The van der Waals surface area contributed by atoms with Crippen molar-refractivity contribution in [3.8, 4) is 11.5 Å². The van der Waals surface area contributed by atoms with Crippen LogP contribution in [0.4, 0.5) is 0 Å². The van der Waals surface area contributed by atoms with Crippen LogP contribution in [-0.4, -0.2) is 18.5 Å². The van der Waals surface area contributed by atoms with E-state index in [0.717, 1.165) is 53.7 Å². The molecule has 0 radical (unpaired) electrons. The van der Waals surface area contributed by atoms with E-state index in [4.69, 9.17) is 21.1 Å². The highest BCUT2D eigenvalue weighted by molar-refractivity contribution is 9.09. The number of ether oxygens (including phenoxy) is 2. The summed E-state index contributed by atoms with van der Waals surface area (Å²) in [5.41, 5.74) is 0. The number of benzene rings is 2. The number of hydrogen-bond donors (Lipinski definition) is 0. The van der Waals surface area contributed by atoms with Gasteiger partial charge in [-0.2, -0.15) is 0 Å². The van der Waals surface area contributed by atoms with Crippen molar-refractivity contribution in [2.75, 3.05) is 18.5 Å².